The Kier molecular flexibility index (Phi) is 6.06. The Labute approximate surface area is 191 Å². The highest BCUT2D eigenvalue weighted by atomic mass is 32.2. The van der Waals surface area contributed by atoms with Gasteiger partial charge in [0.25, 0.3) is 0 Å². The fourth-order valence-electron chi connectivity index (χ4n) is 3.64. The highest BCUT2D eigenvalue weighted by Gasteiger charge is 2.28. The highest BCUT2D eigenvalue weighted by Crippen LogP contribution is 2.34. The number of fused-ring (bicyclic) bond motifs is 1. The topological polar surface area (TPSA) is 152 Å². The SMILES string of the molecule is Cc1c(S(=O)(=O)Oc2ccc(CS(=O)O)cc2)c2cc(-c3ccn[nH]3)ccc2n1CC(=O)O. The van der Waals surface area contributed by atoms with Gasteiger partial charge in [0.15, 0.2) is 11.1 Å². The largest absolute Gasteiger partial charge is 0.480 e. The molecule has 172 valence electrons. The number of hydrogen-bond donors (Lipinski definition) is 3. The monoisotopic (exact) mass is 489 g/mol. The van der Waals surface area contributed by atoms with Gasteiger partial charge in [-0.25, -0.2) is 4.21 Å². The molecule has 0 aliphatic heterocycles. The lowest BCUT2D eigenvalue weighted by molar-refractivity contribution is -0.137. The molecule has 2 aromatic heterocycles. The average molecular weight is 490 g/mol. The molecule has 4 rings (SSSR count). The number of carboxylic acids is 1. The number of aliphatic carboxylic acids is 1. The van der Waals surface area contributed by atoms with Crippen LogP contribution in [0.25, 0.3) is 22.2 Å². The number of hydrogen-bond acceptors (Lipinski definition) is 6. The second-order valence-corrected chi connectivity index (χ2v) is 9.66. The van der Waals surface area contributed by atoms with Crippen molar-refractivity contribution in [1.82, 2.24) is 14.8 Å². The van der Waals surface area contributed by atoms with Crippen molar-refractivity contribution in [3.8, 4) is 17.0 Å². The molecule has 0 aliphatic carbocycles. The lowest BCUT2D eigenvalue weighted by atomic mass is 10.1. The Morgan fingerprint density at radius 2 is 1.91 bits per heavy atom. The molecule has 0 aliphatic rings. The number of rotatable bonds is 8. The van der Waals surface area contributed by atoms with Crippen LogP contribution in [0.15, 0.2) is 59.6 Å². The van der Waals surface area contributed by atoms with E-state index in [1.54, 1.807) is 30.5 Å². The van der Waals surface area contributed by atoms with Crippen LogP contribution in [0.1, 0.15) is 11.3 Å². The van der Waals surface area contributed by atoms with Gasteiger partial charge in [0.05, 0.1) is 17.0 Å². The van der Waals surface area contributed by atoms with E-state index in [1.165, 1.54) is 35.8 Å². The zero-order valence-electron chi connectivity index (χ0n) is 17.3. The normalized spacial score (nSPS) is 12.7. The molecule has 0 spiro atoms. The molecule has 2 heterocycles. The van der Waals surface area contributed by atoms with Crippen LogP contribution in [0.4, 0.5) is 0 Å². The van der Waals surface area contributed by atoms with E-state index in [1.807, 2.05) is 0 Å². The van der Waals surface area contributed by atoms with E-state index in [2.05, 4.69) is 10.2 Å². The molecule has 2 aromatic carbocycles. The summed E-state index contributed by atoms with van der Waals surface area (Å²) in [5.74, 6) is -1.19. The van der Waals surface area contributed by atoms with Crippen LogP contribution in [0, 0.1) is 6.92 Å². The van der Waals surface area contributed by atoms with Crippen molar-refractivity contribution in [2.75, 3.05) is 0 Å². The fourth-order valence-corrected chi connectivity index (χ4v) is 5.47. The maximum atomic E-state index is 13.3. The molecule has 10 nitrogen and oxygen atoms in total. The first-order chi connectivity index (χ1) is 15.7. The van der Waals surface area contributed by atoms with Gasteiger partial charge in [-0.1, -0.05) is 18.2 Å². The molecule has 1 unspecified atom stereocenters. The van der Waals surface area contributed by atoms with E-state index < -0.39 is 33.7 Å². The first-order valence-corrected chi connectivity index (χ1v) is 12.3. The van der Waals surface area contributed by atoms with Gasteiger partial charge >= 0.3 is 16.1 Å². The molecule has 0 saturated carbocycles. The standard InChI is InChI=1S/C21H19N3O7S2/c1-13-21(33(29,30)31-16-5-2-14(3-6-16)12-32(27)28)17-10-15(18-8-9-22-23-18)4-7-19(17)24(13)11-20(25)26/h2-10H,11-12H2,1H3,(H,22,23)(H,25,26)(H,27,28). The van der Waals surface area contributed by atoms with Crippen LogP contribution in [0.5, 0.6) is 5.75 Å². The van der Waals surface area contributed by atoms with Crippen molar-refractivity contribution in [2.45, 2.75) is 24.1 Å². The van der Waals surface area contributed by atoms with Crippen LogP contribution in [0.2, 0.25) is 0 Å². The quantitative estimate of drug-likeness (QED) is 0.252. The third kappa shape index (κ3) is 4.67. The minimum atomic E-state index is -4.36. The summed E-state index contributed by atoms with van der Waals surface area (Å²) in [6.45, 7) is 1.10. The zero-order valence-corrected chi connectivity index (χ0v) is 18.9. The summed E-state index contributed by atoms with van der Waals surface area (Å²) in [6.07, 6.45) is 1.57. The minimum absolute atomic E-state index is 0.0192. The molecule has 0 fully saturated rings. The van der Waals surface area contributed by atoms with Gasteiger partial charge in [-0.2, -0.15) is 13.5 Å². The van der Waals surface area contributed by atoms with Crippen LogP contribution in [0.3, 0.4) is 0 Å². The summed E-state index contributed by atoms with van der Waals surface area (Å²) in [6, 6.07) is 12.5. The third-order valence-electron chi connectivity index (χ3n) is 5.04. The van der Waals surface area contributed by atoms with E-state index in [-0.39, 0.29) is 22.1 Å². The molecule has 4 aromatic rings. The summed E-state index contributed by atoms with van der Waals surface area (Å²) in [5, 5.41) is 16.4. The average Bonchev–Trinajstić information content (AvgIpc) is 3.36. The lowest BCUT2D eigenvalue weighted by Crippen LogP contribution is -2.13. The number of aromatic nitrogens is 3. The molecular weight excluding hydrogens is 470 g/mol. The van der Waals surface area contributed by atoms with Gasteiger partial charge in [0.2, 0.25) is 0 Å². The molecule has 0 saturated heterocycles. The minimum Gasteiger partial charge on any atom is -0.480 e. The Bertz CT molecular complexity index is 1460. The van der Waals surface area contributed by atoms with Crippen LogP contribution >= 0.6 is 0 Å². The van der Waals surface area contributed by atoms with Crippen LogP contribution < -0.4 is 4.18 Å². The number of H-pyrrole nitrogens is 1. The van der Waals surface area contributed by atoms with Gasteiger partial charge in [-0.3, -0.25) is 9.89 Å². The summed E-state index contributed by atoms with van der Waals surface area (Å²) in [4.78, 5) is 11.3. The van der Waals surface area contributed by atoms with Crippen LogP contribution in [-0.2, 0) is 38.3 Å². The highest BCUT2D eigenvalue weighted by molar-refractivity contribution is 7.87. The Hall–Kier alpha value is -3.48. The molecule has 3 N–H and O–H groups in total. The molecule has 0 amide bonds. The first-order valence-electron chi connectivity index (χ1n) is 9.61. The summed E-state index contributed by atoms with van der Waals surface area (Å²) in [5.41, 5.74) is 2.54. The van der Waals surface area contributed by atoms with E-state index in [0.717, 1.165) is 0 Å². The number of nitrogens with zero attached hydrogens (tertiary/aromatic N) is 2. The molecule has 1 atom stereocenters. The smallest absolute Gasteiger partial charge is 0.341 e. The Balaban J connectivity index is 1.81. The van der Waals surface area contributed by atoms with Crippen molar-refractivity contribution in [2.24, 2.45) is 0 Å². The third-order valence-corrected chi connectivity index (χ3v) is 7.05. The van der Waals surface area contributed by atoms with Gasteiger partial charge in [0, 0.05) is 22.8 Å². The van der Waals surface area contributed by atoms with E-state index in [9.17, 15) is 22.5 Å². The predicted molar refractivity (Wildman–Crippen MR) is 121 cm³/mol. The van der Waals surface area contributed by atoms with Gasteiger partial charge in [-0.05, 0) is 42.8 Å². The summed E-state index contributed by atoms with van der Waals surface area (Å²) < 4.78 is 53.3. The number of aromatic amines is 1. The molecule has 33 heavy (non-hydrogen) atoms. The molecule has 12 heteroatoms. The predicted octanol–water partition coefficient (Wildman–Crippen LogP) is 2.91. The summed E-state index contributed by atoms with van der Waals surface area (Å²) in [7, 11) is -4.36. The lowest BCUT2D eigenvalue weighted by Gasteiger charge is -2.09. The Morgan fingerprint density at radius 1 is 1.18 bits per heavy atom. The number of benzene rings is 2. The van der Waals surface area contributed by atoms with Gasteiger partial charge in [-0.15, -0.1) is 0 Å². The zero-order chi connectivity index (χ0) is 23.8. The van der Waals surface area contributed by atoms with Gasteiger partial charge < -0.3 is 18.4 Å². The van der Waals surface area contributed by atoms with E-state index >= 15 is 0 Å². The molecule has 0 radical (unpaired) electrons. The summed E-state index contributed by atoms with van der Waals surface area (Å²) >= 11 is -2.02. The van der Waals surface area contributed by atoms with Gasteiger partial charge in [0.1, 0.15) is 17.2 Å². The van der Waals surface area contributed by atoms with Crippen LogP contribution in [-0.4, -0.2) is 43.0 Å². The van der Waals surface area contributed by atoms with Crippen molar-refractivity contribution in [3.05, 3.63) is 66.0 Å². The number of carbonyl (C=O) groups is 1. The van der Waals surface area contributed by atoms with Crippen molar-refractivity contribution < 1.29 is 31.3 Å². The molecule has 0 bridgehead atoms. The van der Waals surface area contributed by atoms with Crippen molar-refractivity contribution in [3.63, 3.8) is 0 Å². The second kappa shape index (κ2) is 8.81. The van der Waals surface area contributed by atoms with Crippen molar-refractivity contribution >= 4 is 38.1 Å². The first kappa shape index (κ1) is 22.7. The Morgan fingerprint density at radius 3 is 2.52 bits per heavy atom. The van der Waals surface area contributed by atoms with E-state index in [0.29, 0.717) is 27.7 Å². The number of carboxylic acid groups (broad SMARTS) is 1. The maximum Gasteiger partial charge on any atom is 0.341 e. The van der Waals surface area contributed by atoms with E-state index in [4.69, 9.17) is 8.74 Å². The second-order valence-electron chi connectivity index (χ2n) is 7.24. The van der Waals surface area contributed by atoms with Crippen molar-refractivity contribution in [1.29, 1.82) is 0 Å². The molecular formula is C21H19N3O7S2. The maximum absolute atomic E-state index is 13.3. The number of nitrogens with one attached hydrogen (secondary N) is 1. The fraction of sp³-hybridized carbons (Fsp3) is 0.143.